The molecule has 2 amide bonds. The molecule has 1 aromatic heterocycles. The maximum Gasteiger partial charge on any atom is 0.417 e. The smallest absolute Gasteiger partial charge is 0.270 e. The van der Waals surface area contributed by atoms with Gasteiger partial charge in [-0.05, 0) is 13.0 Å². The molecule has 0 spiro atoms. The van der Waals surface area contributed by atoms with Gasteiger partial charge in [-0.15, -0.1) is 0 Å². The molecule has 110 valence electrons. The Hall–Kier alpha value is -1.74. The lowest BCUT2D eigenvalue weighted by molar-refractivity contribution is -0.137. The van der Waals surface area contributed by atoms with Gasteiger partial charge in [0.25, 0.3) is 0 Å². The lowest BCUT2D eigenvalue weighted by atomic mass is 10.3. The molecule has 0 aliphatic carbocycles. The minimum Gasteiger partial charge on any atom is -0.270 e. The minimum atomic E-state index is -4.52. The van der Waals surface area contributed by atoms with Crippen LogP contribution in [0.5, 0.6) is 0 Å². The fraction of sp³-hybridized carbons (Fsp3) is 0.400. The number of hydrazine groups is 2. The first kappa shape index (κ1) is 14.7. The monoisotopic (exact) mass is 309 g/mol. The van der Waals surface area contributed by atoms with Gasteiger partial charge in [-0.2, -0.15) is 13.2 Å². The summed E-state index contributed by atoms with van der Waals surface area (Å²) in [7, 11) is 1.48. The highest BCUT2D eigenvalue weighted by atomic mass is 35.5. The average molecular weight is 310 g/mol. The molecule has 0 aromatic carbocycles. The van der Waals surface area contributed by atoms with E-state index in [1.807, 2.05) is 0 Å². The van der Waals surface area contributed by atoms with Crippen LogP contribution < -0.4 is 15.9 Å². The Morgan fingerprint density at radius 1 is 1.50 bits per heavy atom. The highest BCUT2D eigenvalue weighted by molar-refractivity contribution is 6.33. The summed E-state index contributed by atoms with van der Waals surface area (Å²) < 4.78 is 37.6. The Kier molecular flexibility index (Phi) is 3.65. The number of nitrogens with zero attached hydrogens (tertiary/aromatic N) is 3. The van der Waals surface area contributed by atoms with E-state index in [0.29, 0.717) is 6.20 Å². The lowest BCUT2D eigenvalue weighted by Crippen LogP contribution is -2.47. The number of aromatic nitrogens is 1. The number of carbonyl (C=O) groups is 1. The Morgan fingerprint density at radius 2 is 2.15 bits per heavy atom. The van der Waals surface area contributed by atoms with Crippen LogP contribution >= 0.6 is 11.6 Å². The van der Waals surface area contributed by atoms with Gasteiger partial charge >= 0.3 is 12.2 Å². The van der Waals surface area contributed by atoms with Crippen LogP contribution in [0.2, 0.25) is 5.02 Å². The second-order valence-electron chi connectivity index (χ2n) is 4.15. The predicted octanol–water partition coefficient (Wildman–Crippen LogP) is 1.98. The maximum absolute atomic E-state index is 12.5. The van der Waals surface area contributed by atoms with Gasteiger partial charge in [0.15, 0.2) is 5.82 Å². The number of amides is 2. The van der Waals surface area contributed by atoms with Crippen molar-refractivity contribution in [3.8, 4) is 0 Å². The normalized spacial score (nSPS) is 19.2. The van der Waals surface area contributed by atoms with Crippen LogP contribution in [0.25, 0.3) is 0 Å². The summed E-state index contributed by atoms with van der Waals surface area (Å²) in [5, 5.41) is 2.32. The molecule has 1 aliphatic heterocycles. The second kappa shape index (κ2) is 4.98. The van der Waals surface area contributed by atoms with Gasteiger partial charge in [-0.1, -0.05) is 11.6 Å². The van der Waals surface area contributed by atoms with E-state index in [1.54, 1.807) is 6.92 Å². The third kappa shape index (κ3) is 2.59. The number of urea groups is 1. The van der Waals surface area contributed by atoms with Crippen molar-refractivity contribution in [2.24, 2.45) is 0 Å². The molecule has 0 saturated carbocycles. The SMILES string of the molecule is CC1NNC(=O)N1N(C)c1ncc(C(F)(F)F)cc1Cl. The zero-order valence-electron chi connectivity index (χ0n) is 10.5. The van der Waals surface area contributed by atoms with Crippen molar-refractivity contribution in [2.75, 3.05) is 12.1 Å². The van der Waals surface area contributed by atoms with Crippen LogP contribution in [0, 0.1) is 0 Å². The molecule has 0 bridgehead atoms. The van der Waals surface area contributed by atoms with Crippen molar-refractivity contribution < 1.29 is 18.0 Å². The van der Waals surface area contributed by atoms with Crippen LogP contribution in [0.3, 0.4) is 0 Å². The van der Waals surface area contributed by atoms with Gasteiger partial charge < -0.3 is 0 Å². The van der Waals surface area contributed by atoms with Gasteiger partial charge in [0.05, 0.1) is 10.6 Å². The van der Waals surface area contributed by atoms with E-state index in [2.05, 4.69) is 15.8 Å². The number of halogens is 4. The van der Waals surface area contributed by atoms with Crippen molar-refractivity contribution in [1.82, 2.24) is 20.8 Å². The molecule has 2 N–H and O–H groups in total. The Morgan fingerprint density at radius 3 is 2.60 bits per heavy atom. The molecule has 1 aromatic rings. The molecule has 2 heterocycles. The number of hydrogen-bond acceptors (Lipinski definition) is 4. The van der Waals surface area contributed by atoms with Crippen LogP contribution in [-0.2, 0) is 6.18 Å². The molecule has 0 radical (unpaired) electrons. The van der Waals surface area contributed by atoms with Crippen LogP contribution in [0.15, 0.2) is 12.3 Å². The van der Waals surface area contributed by atoms with Crippen LogP contribution in [-0.4, -0.2) is 29.2 Å². The molecule has 1 fully saturated rings. The standard InChI is InChI=1S/C10H11ClF3N5O/c1-5-16-17-9(20)19(5)18(2)8-7(11)3-6(4-15-8)10(12,13)14/h3-5,16H,1-2H3,(H,17,20). The second-order valence-corrected chi connectivity index (χ2v) is 4.55. The molecule has 20 heavy (non-hydrogen) atoms. The molecule has 1 unspecified atom stereocenters. The summed E-state index contributed by atoms with van der Waals surface area (Å²) >= 11 is 5.82. The van der Waals surface area contributed by atoms with Gasteiger partial charge in [-0.3, -0.25) is 10.4 Å². The van der Waals surface area contributed by atoms with Crippen molar-refractivity contribution in [3.63, 3.8) is 0 Å². The fourth-order valence-electron chi connectivity index (χ4n) is 1.78. The molecule has 2 rings (SSSR count). The molecular weight excluding hydrogens is 299 g/mol. The van der Waals surface area contributed by atoms with E-state index >= 15 is 0 Å². The quantitative estimate of drug-likeness (QED) is 0.877. The first-order chi connectivity index (χ1) is 9.21. The predicted molar refractivity (Wildman–Crippen MR) is 65.6 cm³/mol. The summed E-state index contributed by atoms with van der Waals surface area (Å²) in [6.07, 6.45) is -4.25. The lowest BCUT2D eigenvalue weighted by Gasteiger charge is -2.30. The van der Waals surface area contributed by atoms with E-state index < -0.39 is 23.9 Å². The van der Waals surface area contributed by atoms with Crippen molar-refractivity contribution in [3.05, 3.63) is 22.8 Å². The molecule has 1 saturated heterocycles. The number of alkyl halides is 3. The van der Waals surface area contributed by atoms with E-state index in [4.69, 9.17) is 11.6 Å². The third-order valence-electron chi connectivity index (χ3n) is 2.74. The largest absolute Gasteiger partial charge is 0.417 e. The summed E-state index contributed by atoms with van der Waals surface area (Å²) in [5.41, 5.74) is 4.08. The van der Waals surface area contributed by atoms with E-state index in [1.165, 1.54) is 17.1 Å². The topological polar surface area (TPSA) is 60.5 Å². The number of anilines is 1. The van der Waals surface area contributed by atoms with E-state index in [9.17, 15) is 18.0 Å². The Bertz CT molecular complexity index is 538. The highest BCUT2D eigenvalue weighted by Crippen LogP contribution is 2.33. The minimum absolute atomic E-state index is 0.0466. The molecular formula is C10H11ClF3N5O. The fourth-order valence-corrected chi connectivity index (χ4v) is 2.07. The molecule has 10 heteroatoms. The average Bonchev–Trinajstić information content (AvgIpc) is 2.67. The van der Waals surface area contributed by atoms with E-state index in [-0.39, 0.29) is 10.8 Å². The van der Waals surface area contributed by atoms with Gasteiger partial charge in [-0.25, -0.2) is 20.2 Å². The third-order valence-corrected chi connectivity index (χ3v) is 3.02. The molecule has 1 aliphatic rings. The number of nitrogens with one attached hydrogen (secondary N) is 2. The summed E-state index contributed by atoms with van der Waals surface area (Å²) in [5.74, 6) is 0.0466. The zero-order valence-corrected chi connectivity index (χ0v) is 11.2. The maximum atomic E-state index is 12.5. The van der Waals surface area contributed by atoms with Crippen LogP contribution in [0.4, 0.5) is 23.8 Å². The number of carbonyl (C=O) groups excluding carboxylic acids is 1. The van der Waals surface area contributed by atoms with Gasteiger partial charge in [0, 0.05) is 13.2 Å². The first-order valence-corrected chi connectivity index (χ1v) is 5.90. The Labute approximate surface area is 117 Å². The van der Waals surface area contributed by atoms with Crippen molar-refractivity contribution >= 4 is 23.4 Å². The van der Waals surface area contributed by atoms with Gasteiger partial charge in [0.1, 0.15) is 6.17 Å². The first-order valence-electron chi connectivity index (χ1n) is 5.53. The summed E-state index contributed by atoms with van der Waals surface area (Å²) in [6, 6.07) is 0.310. The zero-order chi connectivity index (χ0) is 15.1. The molecule has 6 nitrogen and oxygen atoms in total. The van der Waals surface area contributed by atoms with Crippen molar-refractivity contribution in [1.29, 1.82) is 0 Å². The summed E-state index contributed by atoms with van der Waals surface area (Å²) in [6.45, 7) is 1.69. The van der Waals surface area contributed by atoms with E-state index in [0.717, 1.165) is 6.07 Å². The van der Waals surface area contributed by atoms with Crippen LogP contribution in [0.1, 0.15) is 12.5 Å². The van der Waals surface area contributed by atoms with Gasteiger partial charge in [0.2, 0.25) is 0 Å². The number of pyridine rings is 1. The molecule has 1 atom stereocenters. The van der Waals surface area contributed by atoms with Crippen molar-refractivity contribution in [2.45, 2.75) is 19.3 Å². The number of rotatable bonds is 2. The summed E-state index contributed by atoms with van der Waals surface area (Å²) in [4.78, 5) is 15.3. The number of hydrogen-bond donors (Lipinski definition) is 2. The highest BCUT2D eigenvalue weighted by Gasteiger charge is 2.34. The Balaban J connectivity index is 2.31.